The minimum Gasteiger partial charge on any atom is -0.484 e. The maximum Gasteiger partial charge on any atom is 0.320 e. The summed E-state index contributed by atoms with van der Waals surface area (Å²) in [5.41, 5.74) is 3.10. The van der Waals surface area contributed by atoms with Crippen LogP contribution in [0.2, 0.25) is 0 Å². The molecule has 0 spiro atoms. The number of nitrogens with one attached hydrogen (secondary N) is 3. The van der Waals surface area contributed by atoms with Gasteiger partial charge in [0.15, 0.2) is 5.65 Å². The van der Waals surface area contributed by atoms with Crippen LogP contribution >= 0.6 is 0 Å². The molecule has 49 heavy (non-hydrogen) atoms. The Kier molecular flexibility index (Phi) is 10.4. The van der Waals surface area contributed by atoms with Crippen LogP contribution in [0.1, 0.15) is 105 Å². The maximum absolute atomic E-state index is 13.4. The number of hydrogen-bond acceptors (Lipinski definition) is 9. The Labute approximate surface area is 287 Å². The number of benzene rings is 1. The summed E-state index contributed by atoms with van der Waals surface area (Å²) in [6.07, 6.45) is 4.13. The summed E-state index contributed by atoms with van der Waals surface area (Å²) in [7, 11) is 0. The van der Waals surface area contributed by atoms with Crippen molar-refractivity contribution in [3.8, 4) is 5.75 Å². The van der Waals surface area contributed by atoms with Crippen molar-refractivity contribution in [1.29, 1.82) is 0 Å². The van der Waals surface area contributed by atoms with Gasteiger partial charge in [0.05, 0.1) is 31.1 Å². The molecule has 2 aliphatic rings. The summed E-state index contributed by atoms with van der Waals surface area (Å²) in [5.74, 6) is 1.83. The number of pyridine rings is 1. The first-order chi connectivity index (χ1) is 23.6. The molecule has 3 amide bonds. The van der Waals surface area contributed by atoms with Gasteiger partial charge in [-0.15, -0.1) is 10.2 Å². The molecule has 0 bridgehead atoms. The zero-order valence-electron chi connectivity index (χ0n) is 29.0. The second-order valence-corrected chi connectivity index (χ2v) is 13.8. The number of rotatable bonds is 10. The van der Waals surface area contributed by atoms with Crippen LogP contribution in [0.4, 0.5) is 10.6 Å². The minimum atomic E-state index is -0.410. The Morgan fingerprint density at radius 2 is 1.82 bits per heavy atom. The van der Waals surface area contributed by atoms with E-state index < -0.39 is 6.03 Å². The van der Waals surface area contributed by atoms with Crippen LogP contribution in [0.5, 0.6) is 5.75 Å². The summed E-state index contributed by atoms with van der Waals surface area (Å²) in [5, 5.41) is 17.6. The second kappa shape index (κ2) is 14.9. The van der Waals surface area contributed by atoms with E-state index in [1.165, 1.54) is 0 Å². The van der Waals surface area contributed by atoms with Crippen LogP contribution in [-0.4, -0.2) is 80.8 Å². The maximum atomic E-state index is 13.4. The second-order valence-electron chi connectivity index (χ2n) is 13.8. The summed E-state index contributed by atoms with van der Waals surface area (Å²) >= 11 is 0. The van der Waals surface area contributed by atoms with Gasteiger partial charge >= 0.3 is 6.03 Å². The fraction of sp³-hybridized carbons (Fsp3) is 0.500. The number of carbonyl (C=O) groups is 2. The summed E-state index contributed by atoms with van der Waals surface area (Å²) in [4.78, 5) is 37.7. The average molecular weight is 670 g/mol. The topological polar surface area (TPSA) is 148 Å². The number of hydrogen-bond donors (Lipinski definition) is 3. The molecule has 3 atom stereocenters. The molecule has 0 saturated carbocycles. The van der Waals surface area contributed by atoms with Gasteiger partial charge in [-0.2, -0.15) is 0 Å². The highest BCUT2D eigenvalue weighted by Crippen LogP contribution is 2.39. The number of aromatic nitrogens is 5. The third kappa shape index (κ3) is 8.16. The number of ether oxygens (including phenoxy) is 2. The largest absolute Gasteiger partial charge is 0.484 e. The predicted octanol–water partition coefficient (Wildman–Crippen LogP) is 5.17. The molecule has 260 valence electrons. The van der Waals surface area contributed by atoms with E-state index in [9.17, 15) is 9.59 Å². The minimum absolute atomic E-state index is 0.0219. The zero-order chi connectivity index (χ0) is 34.5. The van der Waals surface area contributed by atoms with Gasteiger partial charge in [0.2, 0.25) is 5.82 Å². The third-order valence-corrected chi connectivity index (χ3v) is 9.23. The first kappa shape index (κ1) is 34.3. The molecule has 0 radical (unpaired) electrons. The van der Waals surface area contributed by atoms with E-state index in [1.807, 2.05) is 61.7 Å². The van der Waals surface area contributed by atoms with Crippen LogP contribution in [0.3, 0.4) is 0 Å². The first-order valence-electron chi connectivity index (χ1n) is 17.2. The van der Waals surface area contributed by atoms with E-state index >= 15 is 0 Å². The molecule has 1 unspecified atom stereocenters. The van der Waals surface area contributed by atoms with Crippen molar-refractivity contribution in [1.82, 2.24) is 40.1 Å². The first-order valence-corrected chi connectivity index (χ1v) is 17.2. The lowest BCUT2D eigenvalue weighted by Gasteiger charge is -2.32. The number of fused-ring (bicyclic) bond motifs is 2. The van der Waals surface area contributed by atoms with Crippen molar-refractivity contribution in [3.63, 3.8) is 0 Å². The molecule has 1 aliphatic carbocycles. The Hall–Kier alpha value is -4.62. The van der Waals surface area contributed by atoms with Crippen LogP contribution < -0.4 is 20.7 Å². The van der Waals surface area contributed by atoms with Crippen molar-refractivity contribution < 1.29 is 19.1 Å². The van der Waals surface area contributed by atoms with Gasteiger partial charge in [0.1, 0.15) is 23.5 Å². The molecule has 1 fully saturated rings. The molecule has 1 saturated heterocycles. The molecule has 4 heterocycles. The van der Waals surface area contributed by atoms with Gasteiger partial charge in [-0.25, -0.2) is 14.8 Å². The molecule has 1 aliphatic heterocycles. The van der Waals surface area contributed by atoms with Gasteiger partial charge in [0, 0.05) is 43.6 Å². The standard InChI is InChI=1S/C36H47N9O4/c1-6-23(2)33-43-42-31-14-11-24(22-45(31)33)49-28-13-12-27(25-9-7-8-10-26(25)28)38-35(47)41-30-21-29(36(3,4)5)39-32(40-30)34(46)37-15-16-44-17-19-48-20-18-44/h7-11,14,21-23,27-28H,6,12-13,15-20H2,1-5H3,(H,37,46)(H2,38,39,40,41,47)/t23?,27-,28+/m0/s1. The van der Waals surface area contributed by atoms with Crippen LogP contribution in [0.15, 0.2) is 48.7 Å². The third-order valence-electron chi connectivity index (χ3n) is 9.23. The molecule has 3 N–H and O–H groups in total. The highest BCUT2D eigenvalue weighted by atomic mass is 16.5. The molecule has 6 rings (SSSR count). The van der Waals surface area contributed by atoms with Gasteiger partial charge in [0.25, 0.3) is 5.91 Å². The van der Waals surface area contributed by atoms with Crippen molar-refractivity contribution in [3.05, 3.63) is 77.1 Å². The van der Waals surface area contributed by atoms with Gasteiger partial charge in [-0.3, -0.25) is 19.4 Å². The van der Waals surface area contributed by atoms with Crippen molar-refractivity contribution >= 4 is 23.4 Å². The fourth-order valence-electron chi connectivity index (χ4n) is 6.20. The summed E-state index contributed by atoms with van der Waals surface area (Å²) in [6.45, 7) is 14.6. The Morgan fingerprint density at radius 3 is 2.57 bits per heavy atom. The number of amides is 3. The zero-order valence-corrected chi connectivity index (χ0v) is 29.0. The lowest BCUT2D eigenvalue weighted by Crippen LogP contribution is -2.41. The Balaban J connectivity index is 1.13. The highest BCUT2D eigenvalue weighted by molar-refractivity contribution is 5.92. The molecular weight excluding hydrogens is 622 g/mol. The number of urea groups is 1. The smallest absolute Gasteiger partial charge is 0.320 e. The molecule has 13 nitrogen and oxygen atoms in total. The number of anilines is 1. The van der Waals surface area contributed by atoms with E-state index in [0.29, 0.717) is 44.8 Å². The van der Waals surface area contributed by atoms with Gasteiger partial charge < -0.3 is 20.1 Å². The van der Waals surface area contributed by atoms with Gasteiger partial charge in [-0.1, -0.05) is 58.9 Å². The van der Waals surface area contributed by atoms with Crippen molar-refractivity contribution in [2.75, 3.05) is 44.7 Å². The van der Waals surface area contributed by atoms with E-state index in [2.05, 4.69) is 60.9 Å². The molecule has 4 aromatic rings. The lowest BCUT2D eigenvalue weighted by atomic mass is 9.85. The predicted molar refractivity (Wildman–Crippen MR) is 186 cm³/mol. The van der Waals surface area contributed by atoms with Crippen LogP contribution in [0.25, 0.3) is 5.65 Å². The van der Waals surface area contributed by atoms with Gasteiger partial charge in [-0.05, 0) is 42.5 Å². The SMILES string of the molecule is CCC(C)c1nnc2ccc(O[C@@H]3CC[C@H](NC(=O)Nc4cc(C(C)(C)C)nc(C(=O)NCCN5CCOCC5)n4)c4ccccc43)cn12. The number of nitrogens with zero attached hydrogens (tertiary/aromatic N) is 6. The summed E-state index contributed by atoms with van der Waals surface area (Å²) < 4.78 is 14.0. The highest BCUT2D eigenvalue weighted by Gasteiger charge is 2.30. The molecule has 13 heteroatoms. The monoisotopic (exact) mass is 669 g/mol. The van der Waals surface area contributed by atoms with Crippen LogP contribution in [-0.2, 0) is 10.2 Å². The Bertz CT molecular complexity index is 1780. The average Bonchev–Trinajstić information content (AvgIpc) is 3.52. The number of morpholine rings is 1. The van der Waals surface area contributed by atoms with Crippen LogP contribution in [0, 0.1) is 0 Å². The van der Waals surface area contributed by atoms with E-state index in [0.717, 1.165) is 47.9 Å². The fourth-order valence-corrected chi connectivity index (χ4v) is 6.20. The quantitative estimate of drug-likeness (QED) is 0.208. The van der Waals surface area contributed by atoms with Crippen molar-refractivity contribution in [2.24, 2.45) is 0 Å². The molecular formula is C36H47N9O4. The van der Waals surface area contributed by atoms with E-state index in [-0.39, 0.29) is 41.0 Å². The normalized spacial score (nSPS) is 18.8. The molecule has 3 aromatic heterocycles. The Morgan fingerprint density at radius 1 is 1.04 bits per heavy atom. The molecule has 1 aromatic carbocycles. The number of carbonyl (C=O) groups excluding carboxylic acids is 2. The lowest BCUT2D eigenvalue weighted by molar-refractivity contribution is 0.0383. The van der Waals surface area contributed by atoms with E-state index in [1.54, 1.807) is 6.07 Å². The summed E-state index contributed by atoms with van der Waals surface area (Å²) in [6, 6.07) is 13.0. The van der Waals surface area contributed by atoms with E-state index in [4.69, 9.17) is 9.47 Å². The van der Waals surface area contributed by atoms with Crippen molar-refractivity contribution in [2.45, 2.75) is 77.4 Å².